The topological polar surface area (TPSA) is 15.3 Å². The first kappa shape index (κ1) is 12.5. The lowest BCUT2D eigenvalue weighted by molar-refractivity contribution is 1.12. The quantitative estimate of drug-likeness (QED) is 0.877. The van der Waals surface area contributed by atoms with Crippen LogP contribution in [-0.4, -0.2) is 14.1 Å². The molecule has 0 saturated carbocycles. The van der Waals surface area contributed by atoms with E-state index in [2.05, 4.69) is 79.8 Å². The molecule has 2 nitrogen and oxygen atoms in total. The minimum absolute atomic E-state index is 0.864. The van der Waals surface area contributed by atoms with Crippen molar-refractivity contribution in [2.45, 2.75) is 13.5 Å². The van der Waals surface area contributed by atoms with Crippen molar-refractivity contribution in [3.63, 3.8) is 0 Å². The number of rotatable bonds is 4. The number of nitrogens with zero attached hydrogens (tertiary/aromatic N) is 1. The fourth-order valence-corrected chi connectivity index (χ4v) is 1.90. The minimum atomic E-state index is 0.864. The van der Waals surface area contributed by atoms with Gasteiger partial charge in [-0.05, 0) is 36.8 Å². The molecule has 2 aromatic rings. The summed E-state index contributed by atoms with van der Waals surface area (Å²) >= 11 is 0. The van der Waals surface area contributed by atoms with Crippen LogP contribution in [0.15, 0.2) is 48.5 Å². The van der Waals surface area contributed by atoms with Crippen LogP contribution >= 0.6 is 0 Å². The van der Waals surface area contributed by atoms with Gasteiger partial charge in [-0.1, -0.05) is 29.8 Å². The number of aryl methyl sites for hydroxylation is 1. The van der Waals surface area contributed by atoms with Crippen LogP contribution in [0, 0.1) is 6.92 Å². The van der Waals surface area contributed by atoms with E-state index >= 15 is 0 Å². The van der Waals surface area contributed by atoms with E-state index in [0.29, 0.717) is 0 Å². The van der Waals surface area contributed by atoms with Gasteiger partial charge >= 0.3 is 0 Å². The zero-order valence-electron chi connectivity index (χ0n) is 11.3. The highest BCUT2D eigenvalue weighted by molar-refractivity contribution is 5.54. The third-order valence-electron chi connectivity index (χ3n) is 2.96. The van der Waals surface area contributed by atoms with E-state index in [1.54, 1.807) is 0 Å². The molecule has 0 aliphatic rings. The number of hydrogen-bond donors (Lipinski definition) is 1. The maximum Gasteiger partial charge on any atom is 0.0400 e. The van der Waals surface area contributed by atoms with E-state index < -0.39 is 0 Å². The van der Waals surface area contributed by atoms with E-state index in [1.165, 1.54) is 16.8 Å². The number of benzene rings is 2. The van der Waals surface area contributed by atoms with Gasteiger partial charge < -0.3 is 10.2 Å². The van der Waals surface area contributed by atoms with E-state index in [1.807, 2.05) is 0 Å². The summed E-state index contributed by atoms with van der Waals surface area (Å²) in [6.45, 7) is 2.98. The molecule has 0 atom stereocenters. The Morgan fingerprint density at radius 1 is 1.00 bits per heavy atom. The van der Waals surface area contributed by atoms with Gasteiger partial charge in [-0.2, -0.15) is 0 Å². The fourth-order valence-electron chi connectivity index (χ4n) is 1.90. The minimum Gasteiger partial charge on any atom is -0.381 e. The zero-order valence-corrected chi connectivity index (χ0v) is 11.3. The molecule has 94 valence electrons. The molecule has 0 aliphatic heterocycles. The highest BCUT2D eigenvalue weighted by Gasteiger charge is 1.97. The van der Waals surface area contributed by atoms with Gasteiger partial charge in [0.15, 0.2) is 0 Å². The number of hydrogen-bond acceptors (Lipinski definition) is 2. The van der Waals surface area contributed by atoms with Crippen LogP contribution in [0.1, 0.15) is 11.1 Å². The number of nitrogens with one attached hydrogen (secondary N) is 1. The Morgan fingerprint density at radius 3 is 2.33 bits per heavy atom. The van der Waals surface area contributed by atoms with E-state index in [9.17, 15) is 0 Å². The van der Waals surface area contributed by atoms with Crippen LogP contribution in [0.3, 0.4) is 0 Å². The zero-order chi connectivity index (χ0) is 13.0. The molecule has 2 rings (SSSR count). The predicted molar refractivity (Wildman–Crippen MR) is 79.3 cm³/mol. The van der Waals surface area contributed by atoms with Gasteiger partial charge in [0.1, 0.15) is 0 Å². The highest BCUT2D eigenvalue weighted by atomic mass is 15.1. The Morgan fingerprint density at radius 2 is 1.72 bits per heavy atom. The van der Waals surface area contributed by atoms with E-state index in [-0.39, 0.29) is 0 Å². The second kappa shape index (κ2) is 5.58. The van der Waals surface area contributed by atoms with Crippen molar-refractivity contribution in [1.29, 1.82) is 0 Å². The lowest BCUT2D eigenvalue weighted by Gasteiger charge is -2.13. The first-order valence-electron chi connectivity index (χ1n) is 6.22. The van der Waals surface area contributed by atoms with Crippen molar-refractivity contribution in [1.82, 2.24) is 0 Å². The molecule has 0 heterocycles. The van der Waals surface area contributed by atoms with Gasteiger partial charge in [0.25, 0.3) is 0 Å². The van der Waals surface area contributed by atoms with Crippen molar-refractivity contribution < 1.29 is 0 Å². The Balaban J connectivity index is 1.98. The SMILES string of the molecule is Cc1cccc(CNc2ccc(N(C)C)cc2)c1. The fraction of sp³-hybridized carbons (Fsp3) is 0.250. The molecule has 0 bridgehead atoms. The largest absolute Gasteiger partial charge is 0.381 e. The smallest absolute Gasteiger partial charge is 0.0400 e. The summed E-state index contributed by atoms with van der Waals surface area (Å²) < 4.78 is 0. The maximum absolute atomic E-state index is 3.44. The lowest BCUT2D eigenvalue weighted by atomic mass is 10.1. The molecular formula is C16H20N2. The van der Waals surface area contributed by atoms with E-state index in [0.717, 1.165) is 12.2 Å². The van der Waals surface area contributed by atoms with Crippen molar-refractivity contribution in [2.24, 2.45) is 0 Å². The predicted octanol–water partition coefficient (Wildman–Crippen LogP) is 3.67. The van der Waals surface area contributed by atoms with Gasteiger partial charge in [-0.15, -0.1) is 0 Å². The molecule has 0 radical (unpaired) electrons. The molecule has 18 heavy (non-hydrogen) atoms. The molecule has 0 saturated heterocycles. The summed E-state index contributed by atoms with van der Waals surface area (Å²) in [6, 6.07) is 17.1. The van der Waals surface area contributed by atoms with Crippen molar-refractivity contribution in [3.8, 4) is 0 Å². The van der Waals surface area contributed by atoms with E-state index in [4.69, 9.17) is 0 Å². The molecule has 2 heteroatoms. The highest BCUT2D eigenvalue weighted by Crippen LogP contribution is 2.16. The molecule has 1 N–H and O–H groups in total. The van der Waals surface area contributed by atoms with Crippen LogP contribution in [0.5, 0.6) is 0 Å². The Kier molecular flexibility index (Phi) is 3.88. The third kappa shape index (κ3) is 3.27. The first-order valence-corrected chi connectivity index (χ1v) is 6.22. The van der Waals surface area contributed by atoms with Crippen LogP contribution in [0.4, 0.5) is 11.4 Å². The average molecular weight is 240 g/mol. The summed E-state index contributed by atoms with van der Waals surface area (Å²) in [5.74, 6) is 0. The first-order chi connectivity index (χ1) is 8.65. The van der Waals surface area contributed by atoms with Gasteiger partial charge in [0, 0.05) is 32.0 Å². The Labute approximate surface area is 109 Å². The second-order valence-corrected chi connectivity index (χ2v) is 4.78. The van der Waals surface area contributed by atoms with Crippen molar-refractivity contribution in [2.75, 3.05) is 24.3 Å². The summed E-state index contributed by atoms with van der Waals surface area (Å²) in [7, 11) is 4.10. The molecule has 0 aromatic heterocycles. The standard InChI is InChI=1S/C16H20N2/c1-13-5-4-6-14(11-13)12-17-15-7-9-16(10-8-15)18(2)3/h4-11,17H,12H2,1-3H3. The summed E-state index contributed by atoms with van der Waals surface area (Å²) in [4.78, 5) is 2.10. The van der Waals surface area contributed by atoms with Crippen LogP contribution < -0.4 is 10.2 Å². The monoisotopic (exact) mass is 240 g/mol. The second-order valence-electron chi connectivity index (χ2n) is 4.78. The molecule has 0 amide bonds. The number of anilines is 2. The van der Waals surface area contributed by atoms with Crippen molar-refractivity contribution >= 4 is 11.4 Å². The molecule has 2 aromatic carbocycles. The third-order valence-corrected chi connectivity index (χ3v) is 2.96. The maximum atomic E-state index is 3.44. The van der Waals surface area contributed by atoms with Gasteiger partial charge in [0.2, 0.25) is 0 Å². The summed E-state index contributed by atoms with van der Waals surface area (Å²) in [5, 5.41) is 3.44. The van der Waals surface area contributed by atoms with Gasteiger partial charge in [-0.3, -0.25) is 0 Å². The Bertz CT molecular complexity index is 501. The van der Waals surface area contributed by atoms with Crippen LogP contribution in [0.25, 0.3) is 0 Å². The molecule has 0 fully saturated rings. The van der Waals surface area contributed by atoms with Crippen LogP contribution in [0.2, 0.25) is 0 Å². The summed E-state index contributed by atoms with van der Waals surface area (Å²) in [5.41, 5.74) is 4.99. The van der Waals surface area contributed by atoms with Crippen molar-refractivity contribution in [3.05, 3.63) is 59.7 Å². The molecule has 0 spiro atoms. The van der Waals surface area contributed by atoms with Gasteiger partial charge in [-0.25, -0.2) is 0 Å². The molecular weight excluding hydrogens is 220 g/mol. The van der Waals surface area contributed by atoms with Crippen LogP contribution in [-0.2, 0) is 6.54 Å². The lowest BCUT2D eigenvalue weighted by Crippen LogP contribution is -2.08. The molecule has 0 aliphatic carbocycles. The average Bonchev–Trinajstić information content (AvgIpc) is 2.37. The van der Waals surface area contributed by atoms with Gasteiger partial charge in [0.05, 0.1) is 0 Å². The normalized spacial score (nSPS) is 10.2. The molecule has 0 unspecified atom stereocenters. The Hall–Kier alpha value is -1.96. The summed E-state index contributed by atoms with van der Waals surface area (Å²) in [6.07, 6.45) is 0.